The van der Waals surface area contributed by atoms with Crippen molar-refractivity contribution < 1.29 is 4.74 Å². The van der Waals surface area contributed by atoms with Crippen LogP contribution in [0.1, 0.15) is 33.9 Å². The summed E-state index contributed by atoms with van der Waals surface area (Å²) in [7, 11) is 3.78. The van der Waals surface area contributed by atoms with Crippen LogP contribution in [0.5, 0.6) is 0 Å². The van der Waals surface area contributed by atoms with Crippen molar-refractivity contribution in [3.05, 3.63) is 52.3 Å². The Morgan fingerprint density at radius 3 is 2.61 bits per heavy atom. The van der Waals surface area contributed by atoms with Crippen molar-refractivity contribution >= 4 is 29.9 Å². The van der Waals surface area contributed by atoms with E-state index in [0.29, 0.717) is 6.61 Å². The highest BCUT2D eigenvalue weighted by Crippen LogP contribution is 2.21. The van der Waals surface area contributed by atoms with Gasteiger partial charge in [0.2, 0.25) is 0 Å². The lowest BCUT2D eigenvalue weighted by molar-refractivity contribution is -0.00800. The number of hydrogen-bond acceptors (Lipinski definition) is 3. The lowest BCUT2D eigenvalue weighted by Gasteiger charge is -2.34. The molecule has 2 heterocycles. The summed E-state index contributed by atoms with van der Waals surface area (Å²) in [6, 6.07) is 4.52. The summed E-state index contributed by atoms with van der Waals surface area (Å²) >= 11 is 0. The smallest absolute Gasteiger partial charge is 0.193 e. The molecule has 3 rings (SSSR count). The van der Waals surface area contributed by atoms with Crippen LogP contribution in [0.4, 0.5) is 0 Å². The third-order valence-electron chi connectivity index (χ3n) is 5.17. The topological polar surface area (TPSA) is 54.7 Å². The van der Waals surface area contributed by atoms with E-state index in [9.17, 15) is 0 Å². The fourth-order valence-corrected chi connectivity index (χ4v) is 3.89. The molecule has 1 fully saturated rings. The van der Waals surface area contributed by atoms with Gasteiger partial charge in [-0.25, -0.2) is 0 Å². The van der Waals surface area contributed by atoms with Crippen LogP contribution >= 0.6 is 24.0 Å². The maximum absolute atomic E-state index is 5.94. The van der Waals surface area contributed by atoms with Crippen LogP contribution in [0.15, 0.2) is 29.5 Å². The maximum Gasteiger partial charge on any atom is 0.193 e. The van der Waals surface area contributed by atoms with Crippen LogP contribution in [0.2, 0.25) is 0 Å². The highest BCUT2D eigenvalue weighted by atomic mass is 127. The molecule has 1 aromatic carbocycles. The van der Waals surface area contributed by atoms with E-state index in [1.165, 1.54) is 22.3 Å². The van der Waals surface area contributed by atoms with Gasteiger partial charge in [-0.3, -0.25) is 9.67 Å². The third kappa shape index (κ3) is 5.47. The molecule has 0 radical (unpaired) electrons. The number of aromatic nitrogens is 2. The standard InChI is InChI=1S/C21H31N5O.HI/c1-15-10-16(2)19(17(3)11-15)6-7-23-21(22-4)26-8-9-27-20(14-26)18-12-24-25(5)13-18;/h10-13,20H,6-9,14H2,1-5H3,(H,22,23);1H. The number of aryl methyl sites for hydroxylation is 4. The van der Waals surface area contributed by atoms with Crippen LogP contribution in [0.3, 0.4) is 0 Å². The zero-order valence-corrected chi connectivity index (χ0v) is 19.9. The predicted octanol–water partition coefficient (Wildman–Crippen LogP) is 3.15. The van der Waals surface area contributed by atoms with E-state index in [1.54, 1.807) is 0 Å². The van der Waals surface area contributed by atoms with Crippen LogP contribution in [0.25, 0.3) is 0 Å². The number of nitrogens with one attached hydrogen (secondary N) is 1. The molecule has 1 saturated heterocycles. The van der Waals surface area contributed by atoms with Crippen molar-refractivity contribution in [3.63, 3.8) is 0 Å². The van der Waals surface area contributed by atoms with Gasteiger partial charge in [0.25, 0.3) is 0 Å². The Balaban J connectivity index is 0.00000280. The Morgan fingerprint density at radius 2 is 2.00 bits per heavy atom. The SMILES string of the molecule is CN=C(NCCc1c(C)cc(C)cc1C)N1CCOC(c2cnn(C)c2)C1.I. The summed E-state index contributed by atoms with van der Waals surface area (Å²) in [5.74, 6) is 0.939. The number of hydrogen-bond donors (Lipinski definition) is 1. The molecular weight excluding hydrogens is 465 g/mol. The van der Waals surface area contributed by atoms with Crippen molar-refractivity contribution in [3.8, 4) is 0 Å². The lowest BCUT2D eigenvalue weighted by Crippen LogP contribution is -2.48. The Hall–Kier alpha value is -1.61. The van der Waals surface area contributed by atoms with Gasteiger partial charge in [-0.05, 0) is 43.9 Å². The van der Waals surface area contributed by atoms with Gasteiger partial charge in [-0.15, -0.1) is 24.0 Å². The average molecular weight is 497 g/mol. The summed E-state index contributed by atoms with van der Waals surface area (Å²) in [5.41, 5.74) is 6.61. The van der Waals surface area contributed by atoms with Gasteiger partial charge in [0, 0.05) is 38.9 Å². The summed E-state index contributed by atoms with van der Waals surface area (Å²) in [6.07, 6.45) is 4.93. The number of guanidine groups is 1. The van der Waals surface area contributed by atoms with E-state index in [0.717, 1.165) is 37.6 Å². The summed E-state index contributed by atoms with van der Waals surface area (Å²) in [5, 5.41) is 7.79. The van der Waals surface area contributed by atoms with Gasteiger partial charge in [0.1, 0.15) is 6.10 Å². The van der Waals surface area contributed by atoms with Crippen LogP contribution in [0, 0.1) is 20.8 Å². The van der Waals surface area contributed by atoms with Crippen molar-refractivity contribution in [2.24, 2.45) is 12.0 Å². The van der Waals surface area contributed by atoms with Gasteiger partial charge < -0.3 is 15.0 Å². The molecule has 0 spiro atoms. The molecule has 1 aliphatic rings. The van der Waals surface area contributed by atoms with Crippen molar-refractivity contribution in [2.75, 3.05) is 33.3 Å². The monoisotopic (exact) mass is 497 g/mol. The summed E-state index contributed by atoms with van der Waals surface area (Å²) < 4.78 is 7.76. The molecule has 28 heavy (non-hydrogen) atoms. The molecule has 1 unspecified atom stereocenters. The molecule has 0 bridgehead atoms. The average Bonchev–Trinajstić information content (AvgIpc) is 3.07. The van der Waals surface area contributed by atoms with E-state index in [2.05, 4.69) is 53.2 Å². The van der Waals surface area contributed by atoms with Crippen LogP contribution < -0.4 is 5.32 Å². The molecule has 1 aliphatic heterocycles. The number of aliphatic imine (C=N–C) groups is 1. The molecule has 7 heteroatoms. The zero-order valence-electron chi connectivity index (χ0n) is 17.5. The molecular formula is C21H32IN5O. The van der Waals surface area contributed by atoms with Gasteiger partial charge in [0.15, 0.2) is 5.96 Å². The van der Waals surface area contributed by atoms with Gasteiger partial charge in [-0.2, -0.15) is 5.10 Å². The van der Waals surface area contributed by atoms with Crippen LogP contribution in [-0.2, 0) is 18.2 Å². The molecule has 1 aromatic heterocycles. The highest BCUT2D eigenvalue weighted by Gasteiger charge is 2.25. The third-order valence-corrected chi connectivity index (χ3v) is 5.17. The first-order chi connectivity index (χ1) is 13.0. The normalized spacial score (nSPS) is 17.4. The first-order valence-electron chi connectivity index (χ1n) is 9.60. The number of nitrogens with zero attached hydrogens (tertiary/aromatic N) is 4. The van der Waals surface area contributed by atoms with Crippen molar-refractivity contribution in [1.29, 1.82) is 0 Å². The number of ether oxygens (including phenoxy) is 1. The fourth-order valence-electron chi connectivity index (χ4n) is 3.89. The summed E-state index contributed by atoms with van der Waals surface area (Å²) in [4.78, 5) is 6.76. The molecule has 0 amide bonds. The van der Waals surface area contributed by atoms with E-state index in [4.69, 9.17) is 4.74 Å². The minimum atomic E-state index is 0. The zero-order chi connectivity index (χ0) is 19.4. The van der Waals surface area contributed by atoms with E-state index >= 15 is 0 Å². The van der Waals surface area contributed by atoms with Crippen molar-refractivity contribution in [2.45, 2.75) is 33.3 Å². The van der Waals surface area contributed by atoms with Gasteiger partial charge in [-0.1, -0.05) is 17.7 Å². The molecule has 0 saturated carbocycles. The number of morpholine rings is 1. The highest BCUT2D eigenvalue weighted by molar-refractivity contribution is 14.0. The second kappa shape index (κ2) is 10.2. The maximum atomic E-state index is 5.94. The Labute approximate surface area is 185 Å². The quantitative estimate of drug-likeness (QED) is 0.401. The second-order valence-electron chi connectivity index (χ2n) is 7.35. The molecule has 154 valence electrons. The number of rotatable bonds is 4. The predicted molar refractivity (Wildman–Crippen MR) is 125 cm³/mol. The second-order valence-corrected chi connectivity index (χ2v) is 7.35. The van der Waals surface area contributed by atoms with Gasteiger partial charge in [0.05, 0.1) is 19.3 Å². The molecule has 1 atom stereocenters. The Kier molecular flexibility index (Phi) is 8.30. The Bertz CT molecular complexity index is 794. The number of benzene rings is 1. The van der Waals surface area contributed by atoms with E-state index in [1.807, 2.05) is 31.2 Å². The Morgan fingerprint density at radius 1 is 1.29 bits per heavy atom. The first kappa shape index (κ1) is 22.7. The number of halogens is 1. The summed E-state index contributed by atoms with van der Waals surface area (Å²) in [6.45, 7) is 9.74. The molecule has 2 aromatic rings. The van der Waals surface area contributed by atoms with E-state index < -0.39 is 0 Å². The van der Waals surface area contributed by atoms with Gasteiger partial charge >= 0.3 is 0 Å². The lowest BCUT2D eigenvalue weighted by atomic mass is 9.97. The molecule has 6 nitrogen and oxygen atoms in total. The molecule has 0 aliphatic carbocycles. The molecule has 1 N–H and O–H groups in total. The van der Waals surface area contributed by atoms with E-state index in [-0.39, 0.29) is 30.1 Å². The van der Waals surface area contributed by atoms with Crippen LogP contribution in [-0.4, -0.2) is 53.9 Å². The fraction of sp³-hybridized carbons (Fsp3) is 0.524. The minimum Gasteiger partial charge on any atom is -0.370 e. The van der Waals surface area contributed by atoms with Crippen molar-refractivity contribution in [1.82, 2.24) is 20.0 Å². The largest absolute Gasteiger partial charge is 0.370 e. The first-order valence-corrected chi connectivity index (χ1v) is 9.60. The minimum absolute atomic E-state index is 0.